The van der Waals surface area contributed by atoms with E-state index in [4.69, 9.17) is 5.11 Å². The fourth-order valence-corrected chi connectivity index (χ4v) is 2.11. The van der Waals surface area contributed by atoms with Crippen LogP contribution in [0.5, 0.6) is 0 Å². The third kappa shape index (κ3) is 2.72. The average molecular weight is 262 g/mol. The van der Waals surface area contributed by atoms with Crippen LogP contribution in [-0.2, 0) is 0 Å². The number of amides is 1. The Morgan fingerprint density at radius 1 is 1.22 bits per heavy atom. The number of anilines is 1. The highest BCUT2D eigenvalue weighted by molar-refractivity contribution is 7.15. The smallest absolute Gasteiger partial charge is 0.345 e. The molecule has 0 aliphatic heterocycles. The first kappa shape index (κ1) is 12.3. The molecule has 18 heavy (non-hydrogen) atoms. The minimum absolute atomic E-state index is 0.136. The quantitative estimate of drug-likeness (QED) is 0.890. The molecule has 2 aromatic rings. The first-order valence-corrected chi connectivity index (χ1v) is 5.96. The molecule has 2 heterocycles. The number of nitrogens with one attached hydrogen (secondary N) is 1. The molecule has 0 aliphatic carbocycles. The molecule has 0 spiro atoms. The summed E-state index contributed by atoms with van der Waals surface area (Å²) in [5.74, 6) is -0.941. The van der Waals surface area contributed by atoms with Gasteiger partial charge in [0.1, 0.15) is 10.7 Å². The fourth-order valence-electron chi connectivity index (χ4n) is 1.37. The number of aromatic nitrogens is 1. The number of thiophene rings is 1. The van der Waals surface area contributed by atoms with Gasteiger partial charge in [0.2, 0.25) is 0 Å². The van der Waals surface area contributed by atoms with Crippen molar-refractivity contribution in [3.63, 3.8) is 0 Å². The summed E-state index contributed by atoms with van der Waals surface area (Å²) in [6.45, 7) is 1.82. The number of carbonyl (C=O) groups is 2. The topological polar surface area (TPSA) is 79.3 Å². The van der Waals surface area contributed by atoms with E-state index in [2.05, 4.69) is 10.3 Å². The Labute approximate surface area is 107 Å². The molecule has 2 aromatic heterocycles. The zero-order valence-corrected chi connectivity index (χ0v) is 10.3. The van der Waals surface area contributed by atoms with E-state index in [0.717, 1.165) is 17.0 Å². The molecule has 92 valence electrons. The number of rotatable bonds is 3. The van der Waals surface area contributed by atoms with Crippen LogP contribution in [0.1, 0.15) is 25.0 Å². The van der Waals surface area contributed by atoms with Gasteiger partial charge >= 0.3 is 5.97 Å². The van der Waals surface area contributed by atoms with Crippen molar-refractivity contribution in [1.82, 2.24) is 4.98 Å². The predicted octanol–water partition coefficient (Wildman–Crippen LogP) is 2.40. The van der Waals surface area contributed by atoms with Gasteiger partial charge in [-0.05, 0) is 31.2 Å². The van der Waals surface area contributed by atoms with Gasteiger partial charge in [-0.3, -0.25) is 4.79 Å². The summed E-state index contributed by atoms with van der Waals surface area (Å²) in [5.41, 5.74) is 0.796. The van der Waals surface area contributed by atoms with E-state index in [1.807, 2.05) is 13.0 Å². The number of aromatic carboxylic acids is 1. The highest BCUT2D eigenvalue weighted by Gasteiger charge is 2.13. The van der Waals surface area contributed by atoms with E-state index in [1.54, 1.807) is 12.1 Å². The van der Waals surface area contributed by atoms with Crippen LogP contribution in [0.3, 0.4) is 0 Å². The first-order valence-electron chi connectivity index (χ1n) is 5.14. The van der Waals surface area contributed by atoms with E-state index in [0.29, 0.717) is 10.7 Å². The normalized spacial score (nSPS) is 10.1. The van der Waals surface area contributed by atoms with Crippen molar-refractivity contribution in [2.45, 2.75) is 6.92 Å². The molecule has 0 fully saturated rings. The summed E-state index contributed by atoms with van der Waals surface area (Å²) in [5, 5.41) is 11.4. The predicted molar refractivity (Wildman–Crippen MR) is 68.2 cm³/mol. The van der Waals surface area contributed by atoms with Crippen LogP contribution < -0.4 is 5.32 Å². The molecule has 0 unspecified atom stereocenters. The molecule has 0 saturated carbocycles. The Hall–Kier alpha value is -2.21. The minimum atomic E-state index is -1.03. The number of carboxylic acids is 1. The molecule has 0 radical (unpaired) electrons. The second-order valence-corrected chi connectivity index (χ2v) is 4.67. The van der Waals surface area contributed by atoms with Gasteiger partial charge in [0.15, 0.2) is 0 Å². The Kier molecular flexibility index (Phi) is 3.38. The van der Waals surface area contributed by atoms with Crippen LogP contribution >= 0.6 is 11.3 Å². The third-order valence-corrected chi connectivity index (χ3v) is 3.24. The highest BCUT2D eigenvalue weighted by Crippen LogP contribution is 2.17. The molecule has 6 heteroatoms. The summed E-state index contributed by atoms with van der Waals surface area (Å²) in [6.07, 6.45) is 0. The van der Waals surface area contributed by atoms with Gasteiger partial charge in [-0.15, -0.1) is 11.3 Å². The lowest BCUT2D eigenvalue weighted by atomic mass is 10.3. The SMILES string of the molecule is Cc1cccc(NC(=O)c2ccc(C(=O)O)s2)n1. The van der Waals surface area contributed by atoms with Gasteiger partial charge in [0, 0.05) is 5.69 Å². The standard InChI is InChI=1S/C12H10N2O3S/c1-7-3-2-4-10(13-7)14-11(15)8-5-6-9(18-8)12(16)17/h2-6H,1H3,(H,16,17)(H,13,14,15). The maximum absolute atomic E-state index is 11.8. The number of nitrogens with zero attached hydrogens (tertiary/aromatic N) is 1. The Morgan fingerprint density at radius 3 is 2.56 bits per heavy atom. The molecule has 5 nitrogen and oxygen atoms in total. The molecule has 1 amide bonds. The van der Waals surface area contributed by atoms with Crippen LogP contribution in [0.4, 0.5) is 5.82 Å². The molecule has 2 rings (SSSR count). The van der Waals surface area contributed by atoms with Gasteiger partial charge in [0.05, 0.1) is 4.88 Å². The van der Waals surface area contributed by atoms with Crippen molar-refractivity contribution < 1.29 is 14.7 Å². The van der Waals surface area contributed by atoms with Crippen molar-refractivity contribution in [3.05, 3.63) is 45.8 Å². The van der Waals surface area contributed by atoms with Crippen LogP contribution in [0, 0.1) is 6.92 Å². The average Bonchev–Trinajstić information content (AvgIpc) is 2.78. The molecule has 0 aromatic carbocycles. The van der Waals surface area contributed by atoms with Crippen LogP contribution in [-0.4, -0.2) is 22.0 Å². The fraction of sp³-hybridized carbons (Fsp3) is 0.0833. The largest absolute Gasteiger partial charge is 0.477 e. The lowest BCUT2D eigenvalue weighted by Crippen LogP contribution is -2.11. The van der Waals surface area contributed by atoms with Gasteiger partial charge in [-0.1, -0.05) is 6.07 Å². The van der Waals surface area contributed by atoms with Crippen molar-refractivity contribution in [2.24, 2.45) is 0 Å². The van der Waals surface area contributed by atoms with Gasteiger partial charge < -0.3 is 10.4 Å². The number of pyridine rings is 1. The van der Waals surface area contributed by atoms with E-state index in [-0.39, 0.29) is 10.8 Å². The number of aryl methyl sites for hydroxylation is 1. The van der Waals surface area contributed by atoms with Crippen LogP contribution in [0.15, 0.2) is 30.3 Å². The second kappa shape index (κ2) is 4.97. The highest BCUT2D eigenvalue weighted by atomic mass is 32.1. The molecular formula is C12H10N2O3S. The van der Waals surface area contributed by atoms with E-state index in [9.17, 15) is 9.59 Å². The van der Waals surface area contributed by atoms with Gasteiger partial charge in [0.25, 0.3) is 5.91 Å². The minimum Gasteiger partial charge on any atom is -0.477 e. The van der Waals surface area contributed by atoms with E-state index < -0.39 is 5.97 Å². The maximum Gasteiger partial charge on any atom is 0.345 e. The monoisotopic (exact) mass is 262 g/mol. The van der Waals surface area contributed by atoms with Gasteiger partial charge in [-0.2, -0.15) is 0 Å². The molecule has 0 bridgehead atoms. The second-order valence-electron chi connectivity index (χ2n) is 3.59. The van der Waals surface area contributed by atoms with E-state index in [1.165, 1.54) is 12.1 Å². The zero-order valence-electron chi connectivity index (χ0n) is 9.51. The molecular weight excluding hydrogens is 252 g/mol. The summed E-state index contributed by atoms with van der Waals surface area (Å²) in [6, 6.07) is 8.18. The number of carboxylic acid groups (broad SMARTS) is 1. The van der Waals surface area contributed by atoms with Gasteiger partial charge in [-0.25, -0.2) is 9.78 Å². The zero-order chi connectivity index (χ0) is 13.1. The molecule has 2 N–H and O–H groups in total. The van der Waals surface area contributed by atoms with Crippen LogP contribution in [0.2, 0.25) is 0 Å². The van der Waals surface area contributed by atoms with E-state index >= 15 is 0 Å². The number of hydrogen-bond acceptors (Lipinski definition) is 4. The number of carbonyl (C=O) groups excluding carboxylic acids is 1. The summed E-state index contributed by atoms with van der Waals surface area (Å²) < 4.78 is 0. The molecule has 0 saturated heterocycles. The van der Waals surface area contributed by atoms with Crippen molar-refractivity contribution in [1.29, 1.82) is 0 Å². The Balaban J connectivity index is 2.14. The third-order valence-electron chi connectivity index (χ3n) is 2.17. The summed E-state index contributed by atoms with van der Waals surface area (Å²) in [4.78, 5) is 27.2. The molecule has 0 atom stereocenters. The van der Waals surface area contributed by atoms with Crippen LogP contribution in [0.25, 0.3) is 0 Å². The summed E-state index contributed by atoms with van der Waals surface area (Å²) in [7, 11) is 0. The maximum atomic E-state index is 11.8. The van der Waals surface area contributed by atoms with Crippen molar-refractivity contribution in [2.75, 3.05) is 5.32 Å². The van der Waals surface area contributed by atoms with Crippen molar-refractivity contribution in [3.8, 4) is 0 Å². The Morgan fingerprint density at radius 2 is 1.94 bits per heavy atom. The lowest BCUT2D eigenvalue weighted by molar-refractivity contribution is 0.0702. The van der Waals surface area contributed by atoms with Crippen molar-refractivity contribution >= 4 is 29.0 Å². The lowest BCUT2D eigenvalue weighted by Gasteiger charge is -2.02. The number of hydrogen-bond donors (Lipinski definition) is 2. The molecule has 0 aliphatic rings. The first-order chi connectivity index (χ1) is 8.56. The Bertz CT molecular complexity index is 607. The summed E-state index contributed by atoms with van der Waals surface area (Å²) >= 11 is 0.933.